The van der Waals surface area contributed by atoms with Gasteiger partial charge in [-0.15, -0.1) is 12.4 Å². The highest BCUT2D eigenvalue weighted by atomic mass is 35.5. The minimum Gasteiger partial charge on any atom is -0.483 e. The SMILES string of the molecule is C[C@@H]1C(=O)NN=C2COc3cc(-c4ccccc4F)c([C@@H](C)C4(C)CN(C[C@@H](C)O)C4)cc3N21.Cl. The van der Waals surface area contributed by atoms with Gasteiger partial charge in [-0.25, -0.2) is 9.82 Å². The van der Waals surface area contributed by atoms with E-state index in [1.54, 1.807) is 19.1 Å². The van der Waals surface area contributed by atoms with E-state index in [2.05, 4.69) is 29.3 Å². The van der Waals surface area contributed by atoms with Crippen molar-refractivity contribution in [2.45, 2.75) is 45.8 Å². The van der Waals surface area contributed by atoms with Crippen molar-refractivity contribution in [3.05, 3.63) is 47.8 Å². The Morgan fingerprint density at radius 3 is 2.66 bits per heavy atom. The summed E-state index contributed by atoms with van der Waals surface area (Å²) in [6.45, 7) is 10.6. The highest BCUT2D eigenvalue weighted by Gasteiger charge is 2.45. The van der Waals surface area contributed by atoms with E-state index in [1.807, 2.05) is 30.0 Å². The van der Waals surface area contributed by atoms with Crippen LogP contribution in [0.5, 0.6) is 5.75 Å². The fraction of sp³-hybridized carbons (Fsp3) is 0.462. The normalized spacial score (nSPS) is 22.3. The van der Waals surface area contributed by atoms with Gasteiger partial charge < -0.3 is 14.7 Å². The topological polar surface area (TPSA) is 77.4 Å². The van der Waals surface area contributed by atoms with Crippen molar-refractivity contribution in [3.63, 3.8) is 0 Å². The van der Waals surface area contributed by atoms with E-state index >= 15 is 0 Å². The fourth-order valence-electron chi connectivity index (χ4n) is 5.49. The molecule has 0 spiro atoms. The zero-order valence-corrected chi connectivity index (χ0v) is 21.2. The lowest BCUT2D eigenvalue weighted by atomic mass is 9.67. The second-order valence-corrected chi connectivity index (χ2v) is 10.1. The van der Waals surface area contributed by atoms with Gasteiger partial charge in [-0.05, 0) is 54.5 Å². The van der Waals surface area contributed by atoms with E-state index in [-0.39, 0.29) is 48.2 Å². The predicted octanol–water partition coefficient (Wildman–Crippen LogP) is 3.75. The molecule has 3 aliphatic rings. The molecule has 0 aromatic heterocycles. The lowest BCUT2D eigenvalue weighted by Gasteiger charge is -2.52. The van der Waals surface area contributed by atoms with Crippen LogP contribution in [0.4, 0.5) is 10.1 Å². The number of rotatable bonds is 5. The lowest BCUT2D eigenvalue weighted by molar-refractivity contribution is -0.122. The van der Waals surface area contributed by atoms with Gasteiger partial charge in [-0.2, -0.15) is 5.10 Å². The number of amides is 1. The lowest BCUT2D eigenvalue weighted by Crippen LogP contribution is -2.58. The second kappa shape index (κ2) is 9.41. The van der Waals surface area contributed by atoms with Crippen molar-refractivity contribution >= 4 is 29.8 Å². The van der Waals surface area contributed by atoms with Crippen LogP contribution in [0.3, 0.4) is 0 Å². The Morgan fingerprint density at radius 1 is 1.26 bits per heavy atom. The highest BCUT2D eigenvalue weighted by Crippen LogP contribution is 2.49. The van der Waals surface area contributed by atoms with Crippen molar-refractivity contribution in [2.75, 3.05) is 31.1 Å². The number of carbonyl (C=O) groups excluding carboxylic acids is 1. The minimum absolute atomic E-state index is 0. The number of nitrogens with zero attached hydrogens (tertiary/aromatic N) is 3. The Hall–Kier alpha value is -2.68. The summed E-state index contributed by atoms with van der Waals surface area (Å²) in [5, 5.41) is 14.0. The smallest absolute Gasteiger partial charge is 0.262 e. The number of fused-ring (bicyclic) bond motifs is 3. The molecule has 2 aromatic carbocycles. The van der Waals surface area contributed by atoms with Crippen LogP contribution < -0.4 is 15.1 Å². The molecule has 1 amide bonds. The average molecular weight is 503 g/mol. The number of anilines is 1. The molecule has 3 heterocycles. The van der Waals surface area contributed by atoms with Crippen molar-refractivity contribution in [1.29, 1.82) is 0 Å². The van der Waals surface area contributed by atoms with Gasteiger partial charge in [-0.1, -0.05) is 32.0 Å². The van der Waals surface area contributed by atoms with Crippen LogP contribution in [0.1, 0.15) is 39.2 Å². The number of ether oxygens (including phenoxy) is 1. The van der Waals surface area contributed by atoms with Crippen LogP contribution in [-0.4, -0.2) is 60.1 Å². The molecule has 0 aliphatic carbocycles. The number of hydrogen-bond donors (Lipinski definition) is 2. The van der Waals surface area contributed by atoms with E-state index in [1.165, 1.54) is 6.07 Å². The van der Waals surface area contributed by atoms with Crippen LogP contribution in [0.2, 0.25) is 0 Å². The predicted molar refractivity (Wildman–Crippen MR) is 137 cm³/mol. The minimum atomic E-state index is -0.432. The number of aliphatic hydroxyl groups is 1. The standard InChI is InChI=1S/C26H31FN4O3.ClH/c1-15(32)11-30-13-26(4,14-30)16(2)19-9-22-23(10-20(19)18-7-5-6-8-21(18)27)34-12-24-28-29-25(33)17(3)31(22)24;/h5-10,15-17,32H,11-14H2,1-4H3,(H,29,33);1H/t15-,16-,17-;/m1./s1. The first-order valence-electron chi connectivity index (χ1n) is 11.8. The van der Waals surface area contributed by atoms with Gasteiger partial charge in [0.2, 0.25) is 0 Å². The Balaban J connectivity index is 0.00000289. The molecule has 2 N–H and O–H groups in total. The number of β-amino-alcohol motifs (C(OH)–C–C–N with tert-alkyl or cyclic N) is 1. The molecule has 5 rings (SSSR count). The van der Waals surface area contributed by atoms with Crippen LogP contribution in [0.25, 0.3) is 11.1 Å². The Morgan fingerprint density at radius 2 is 1.97 bits per heavy atom. The molecule has 7 nitrogen and oxygen atoms in total. The molecule has 0 radical (unpaired) electrons. The number of hydrazone groups is 1. The zero-order chi connectivity index (χ0) is 24.2. The summed E-state index contributed by atoms with van der Waals surface area (Å²) in [4.78, 5) is 16.5. The maximum absolute atomic E-state index is 15.0. The van der Waals surface area contributed by atoms with E-state index in [0.717, 1.165) is 29.9 Å². The Labute approximate surface area is 211 Å². The summed E-state index contributed by atoms with van der Waals surface area (Å²) >= 11 is 0. The monoisotopic (exact) mass is 502 g/mol. The molecule has 2 aromatic rings. The van der Waals surface area contributed by atoms with Crippen LogP contribution in [-0.2, 0) is 4.79 Å². The van der Waals surface area contributed by atoms with E-state index < -0.39 is 6.04 Å². The maximum Gasteiger partial charge on any atom is 0.262 e. The molecule has 3 atom stereocenters. The summed E-state index contributed by atoms with van der Waals surface area (Å²) in [5.74, 6) is 0.895. The molecular weight excluding hydrogens is 471 g/mol. The number of amidine groups is 1. The summed E-state index contributed by atoms with van der Waals surface area (Å²) in [6.07, 6.45) is -0.376. The van der Waals surface area contributed by atoms with E-state index in [4.69, 9.17) is 4.74 Å². The molecule has 35 heavy (non-hydrogen) atoms. The molecular formula is C26H32ClFN4O3. The molecule has 3 aliphatic heterocycles. The molecule has 9 heteroatoms. The molecule has 0 saturated carbocycles. The quantitative estimate of drug-likeness (QED) is 0.651. The third-order valence-electron chi connectivity index (χ3n) is 7.46. The summed E-state index contributed by atoms with van der Waals surface area (Å²) in [6, 6.07) is 10.3. The number of aliphatic hydroxyl groups excluding tert-OH is 1. The van der Waals surface area contributed by atoms with Gasteiger partial charge in [0.1, 0.15) is 24.2 Å². The van der Waals surface area contributed by atoms with Crippen LogP contribution in [0, 0.1) is 11.2 Å². The van der Waals surface area contributed by atoms with Gasteiger partial charge in [-0.3, -0.25) is 9.69 Å². The third kappa shape index (κ3) is 4.39. The molecule has 1 saturated heterocycles. The van der Waals surface area contributed by atoms with Gasteiger partial charge in [0.15, 0.2) is 5.84 Å². The Kier molecular flexibility index (Phi) is 6.83. The van der Waals surface area contributed by atoms with Crippen molar-refractivity contribution in [2.24, 2.45) is 10.5 Å². The van der Waals surface area contributed by atoms with Crippen LogP contribution >= 0.6 is 12.4 Å². The number of benzene rings is 2. The molecule has 0 unspecified atom stereocenters. The highest BCUT2D eigenvalue weighted by molar-refractivity contribution is 6.09. The molecule has 0 bridgehead atoms. The second-order valence-electron chi connectivity index (χ2n) is 10.1. The first kappa shape index (κ1) is 25.4. The summed E-state index contributed by atoms with van der Waals surface area (Å²) < 4.78 is 21.0. The summed E-state index contributed by atoms with van der Waals surface area (Å²) in [5.41, 5.74) is 5.63. The van der Waals surface area contributed by atoms with Crippen molar-refractivity contribution in [1.82, 2.24) is 10.3 Å². The first-order valence-corrected chi connectivity index (χ1v) is 11.8. The number of carbonyl (C=O) groups is 1. The fourth-order valence-corrected chi connectivity index (χ4v) is 5.49. The number of halogens is 2. The average Bonchev–Trinajstić information content (AvgIpc) is 2.78. The van der Waals surface area contributed by atoms with Crippen molar-refractivity contribution < 1.29 is 19.0 Å². The number of nitrogens with one attached hydrogen (secondary N) is 1. The van der Waals surface area contributed by atoms with Gasteiger partial charge in [0, 0.05) is 25.2 Å². The number of hydrogen-bond acceptors (Lipinski definition) is 6. The molecule has 188 valence electrons. The Bertz CT molecular complexity index is 1170. The van der Waals surface area contributed by atoms with Crippen molar-refractivity contribution in [3.8, 4) is 16.9 Å². The third-order valence-corrected chi connectivity index (χ3v) is 7.46. The van der Waals surface area contributed by atoms with Gasteiger partial charge >= 0.3 is 0 Å². The summed E-state index contributed by atoms with van der Waals surface area (Å²) in [7, 11) is 0. The first-order chi connectivity index (χ1) is 16.2. The van der Waals surface area contributed by atoms with Gasteiger partial charge in [0.05, 0.1) is 11.8 Å². The van der Waals surface area contributed by atoms with Crippen LogP contribution in [0.15, 0.2) is 41.5 Å². The van der Waals surface area contributed by atoms with E-state index in [9.17, 15) is 14.3 Å². The largest absolute Gasteiger partial charge is 0.483 e. The number of likely N-dealkylation sites (tertiary alicyclic amines) is 1. The van der Waals surface area contributed by atoms with Gasteiger partial charge in [0.25, 0.3) is 5.91 Å². The molecule has 1 fully saturated rings. The zero-order valence-electron chi connectivity index (χ0n) is 20.4. The maximum atomic E-state index is 15.0. The van der Waals surface area contributed by atoms with E-state index in [0.29, 0.717) is 23.7 Å².